The maximum Gasteiger partial charge on any atom is 0.306 e. The van der Waals surface area contributed by atoms with Crippen molar-refractivity contribution in [2.75, 3.05) is 11.9 Å². The van der Waals surface area contributed by atoms with Gasteiger partial charge in [-0.2, -0.15) is 0 Å². The summed E-state index contributed by atoms with van der Waals surface area (Å²) in [6.45, 7) is 0.238. The monoisotopic (exact) mass is 251 g/mol. The minimum atomic E-state index is -0.993. The van der Waals surface area contributed by atoms with Gasteiger partial charge in [0, 0.05) is 16.9 Å². The molecule has 1 unspecified atom stereocenters. The number of benzene rings is 1. The first kappa shape index (κ1) is 11.9. The number of carboxylic acids is 1. The van der Waals surface area contributed by atoms with Crippen molar-refractivity contribution in [1.82, 2.24) is 0 Å². The van der Waals surface area contributed by atoms with Crippen molar-refractivity contribution in [2.45, 2.75) is 12.5 Å². The van der Waals surface area contributed by atoms with Crippen molar-refractivity contribution in [2.24, 2.45) is 0 Å². The van der Waals surface area contributed by atoms with Crippen LogP contribution in [0.3, 0.4) is 0 Å². The maximum atomic E-state index is 10.4. The van der Waals surface area contributed by atoms with E-state index in [-0.39, 0.29) is 13.0 Å². The number of fused-ring (bicyclic) bond motifs is 1. The lowest BCUT2D eigenvalue weighted by Gasteiger charge is -2.10. The average molecular weight is 251 g/mol. The molecule has 0 amide bonds. The molecule has 17 heavy (non-hydrogen) atoms. The lowest BCUT2D eigenvalue weighted by molar-refractivity contribution is -0.138. The predicted molar refractivity (Wildman–Crippen MR) is 68.6 cm³/mol. The van der Waals surface area contributed by atoms with E-state index in [2.05, 4.69) is 5.32 Å². The first-order valence-corrected chi connectivity index (χ1v) is 6.14. The molecule has 2 aromatic rings. The molecule has 1 heterocycles. The van der Waals surface area contributed by atoms with Gasteiger partial charge < -0.3 is 15.5 Å². The fourth-order valence-corrected chi connectivity index (χ4v) is 2.36. The quantitative estimate of drug-likeness (QED) is 0.761. The highest BCUT2D eigenvalue weighted by Gasteiger charge is 2.08. The Hall–Kier alpha value is -1.59. The van der Waals surface area contributed by atoms with Crippen LogP contribution >= 0.6 is 11.3 Å². The number of hydrogen-bond acceptors (Lipinski definition) is 4. The fraction of sp³-hybridized carbons (Fsp3) is 0.250. The van der Waals surface area contributed by atoms with Crippen LogP contribution in [-0.2, 0) is 4.79 Å². The van der Waals surface area contributed by atoms with E-state index >= 15 is 0 Å². The largest absolute Gasteiger partial charge is 0.481 e. The van der Waals surface area contributed by atoms with Crippen LogP contribution in [0.1, 0.15) is 6.42 Å². The summed E-state index contributed by atoms with van der Waals surface area (Å²) in [5.41, 5.74) is 0.889. The Bertz CT molecular complexity index is 523. The Morgan fingerprint density at radius 3 is 3.00 bits per heavy atom. The highest BCUT2D eigenvalue weighted by atomic mass is 32.1. The normalized spacial score (nSPS) is 12.5. The lowest BCUT2D eigenvalue weighted by atomic mass is 10.2. The molecule has 4 nitrogen and oxygen atoms in total. The Labute approximate surface area is 103 Å². The number of nitrogens with one attached hydrogen (secondary N) is 1. The zero-order valence-corrected chi connectivity index (χ0v) is 9.91. The number of anilines is 1. The molecule has 0 saturated carbocycles. The van der Waals surface area contributed by atoms with Crippen molar-refractivity contribution in [3.05, 3.63) is 29.6 Å². The van der Waals surface area contributed by atoms with E-state index in [0.717, 1.165) is 11.1 Å². The fourth-order valence-electron chi connectivity index (χ4n) is 1.59. The van der Waals surface area contributed by atoms with Crippen molar-refractivity contribution in [3.63, 3.8) is 0 Å². The number of hydrogen-bond donors (Lipinski definition) is 3. The van der Waals surface area contributed by atoms with Crippen molar-refractivity contribution < 1.29 is 15.0 Å². The summed E-state index contributed by atoms with van der Waals surface area (Å²) < 4.78 is 1.21. The van der Waals surface area contributed by atoms with Crippen molar-refractivity contribution in [3.8, 4) is 0 Å². The molecule has 1 aromatic heterocycles. The Kier molecular flexibility index (Phi) is 3.61. The molecule has 3 N–H and O–H groups in total. The average Bonchev–Trinajstić information content (AvgIpc) is 2.72. The molecule has 0 radical (unpaired) electrons. The van der Waals surface area contributed by atoms with Gasteiger partial charge in [-0.15, -0.1) is 11.3 Å². The maximum absolute atomic E-state index is 10.4. The van der Waals surface area contributed by atoms with Crippen LogP contribution < -0.4 is 5.32 Å². The van der Waals surface area contributed by atoms with E-state index < -0.39 is 12.1 Å². The van der Waals surface area contributed by atoms with Gasteiger partial charge in [0.05, 0.1) is 12.5 Å². The van der Waals surface area contributed by atoms with Gasteiger partial charge in [-0.25, -0.2) is 0 Å². The third kappa shape index (κ3) is 3.18. The number of thiophene rings is 1. The van der Waals surface area contributed by atoms with Gasteiger partial charge in [0.2, 0.25) is 0 Å². The first-order valence-electron chi connectivity index (χ1n) is 5.26. The summed E-state index contributed by atoms with van der Waals surface area (Å²) in [6, 6.07) is 7.94. The van der Waals surface area contributed by atoms with Crippen molar-refractivity contribution >= 4 is 33.1 Å². The summed E-state index contributed by atoms with van der Waals surface area (Å²) in [7, 11) is 0. The van der Waals surface area contributed by atoms with Gasteiger partial charge in [-0.05, 0) is 35.0 Å². The second kappa shape index (κ2) is 5.16. The Morgan fingerprint density at radius 1 is 1.41 bits per heavy atom. The highest BCUT2D eigenvalue weighted by Crippen LogP contribution is 2.23. The SMILES string of the molecule is O=C(O)CC(O)CNc1ccc2sccc2c1. The zero-order valence-electron chi connectivity index (χ0n) is 9.09. The smallest absolute Gasteiger partial charge is 0.306 e. The number of carboxylic acid groups (broad SMARTS) is 1. The molecule has 0 spiro atoms. The molecule has 1 atom stereocenters. The van der Waals surface area contributed by atoms with Gasteiger partial charge in [-0.1, -0.05) is 0 Å². The number of rotatable bonds is 5. The number of aliphatic hydroxyl groups is 1. The van der Waals surface area contributed by atoms with E-state index in [0.29, 0.717) is 0 Å². The Balaban J connectivity index is 1.96. The van der Waals surface area contributed by atoms with E-state index in [9.17, 15) is 9.90 Å². The molecular weight excluding hydrogens is 238 g/mol. The van der Waals surface area contributed by atoms with Crippen LogP contribution in [0.4, 0.5) is 5.69 Å². The molecule has 5 heteroatoms. The third-order valence-electron chi connectivity index (χ3n) is 2.40. The van der Waals surface area contributed by atoms with Gasteiger partial charge in [-0.3, -0.25) is 4.79 Å². The minimum absolute atomic E-state index is 0.238. The van der Waals surface area contributed by atoms with Crippen LogP contribution in [0.2, 0.25) is 0 Å². The second-order valence-corrected chi connectivity index (χ2v) is 4.75. The first-order chi connectivity index (χ1) is 8.15. The summed E-state index contributed by atoms with van der Waals surface area (Å²) >= 11 is 1.67. The molecule has 1 aromatic carbocycles. The summed E-state index contributed by atoms with van der Waals surface area (Å²) in [4.78, 5) is 10.4. The number of carbonyl (C=O) groups is 1. The predicted octanol–water partition coefficient (Wildman–Crippen LogP) is 2.15. The topological polar surface area (TPSA) is 69.6 Å². The summed E-state index contributed by atoms with van der Waals surface area (Å²) in [5.74, 6) is -0.993. The van der Waals surface area contributed by atoms with Gasteiger partial charge >= 0.3 is 5.97 Å². The molecule has 0 fully saturated rings. The van der Waals surface area contributed by atoms with E-state index in [1.54, 1.807) is 11.3 Å². The minimum Gasteiger partial charge on any atom is -0.481 e. The van der Waals surface area contributed by atoms with Crippen LogP contribution in [0.15, 0.2) is 29.6 Å². The van der Waals surface area contributed by atoms with Crippen LogP contribution in [0, 0.1) is 0 Å². The highest BCUT2D eigenvalue weighted by molar-refractivity contribution is 7.17. The molecule has 0 aliphatic heterocycles. The molecule has 0 aliphatic rings. The van der Waals surface area contributed by atoms with Gasteiger partial charge in [0.15, 0.2) is 0 Å². The number of aliphatic hydroxyl groups excluding tert-OH is 1. The molecule has 0 aliphatic carbocycles. The van der Waals surface area contributed by atoms with Crippen LogP contribution in [0.25, 0.3) is 10.1 Å². The van der Waals surface area contributed by atoms with Gasteiger partial charge in [0.25, 0.3) is 0 Å². The standard InChI is InChI=1S/C12H13NO3S/c14-10(6-12(15)16)7-13-9-1-2-11-8(5-9)3-4-17-11/h1-5,10,13-14H,6-7H2,(H,15,16). The lowest BCUT2D eigenvalue weighted by Crippen LogP contribution is -2.22. The van der Waals surface area contributed by atoms with E-state index in [4.69, 9.17) is 5.11 Å². The Morgan fingerprint density at radius 2 is 2.24 bits per heavy atom. The van der Waals surface area contributed by atoms with Crippen LogP contribution in [-0.4, -0.2) is 28.8 Å². The molecule has 0 bridgehead atoms. The molecular formula is C12H13NO3S. The number of aliphatic carboxylic acids is 1. The third-order valence-corrected chi connectivity index (χ3v) is 3.30. The molecule has 0 saturated heterocycles. The van der Waals surface area contributed by atoms with Crippen LogP contribution in [0.5, 0.6) is 0 Å². The second-order valence-electron chi connectivity index (χ2n) is 3.81. The molecule has 2 rings (SSSR count). The molecule has 90 valence electrons. The summed E-state index contributed by atoms with van der Waals surface area (Å²) in [6.07, 6.45) is -1.11. The van der Waals surface area contributed by atoms with E-state index in [1.165, 1.54) is 4.70 Å². The summed E-state index contributed by atoms with van der Waals surface area (Å²) in [5, 5.41) is 24.1. The van der Waals surface area contributed by atoms with Gasteiger partial charge in [0.1, 0.15) is 0 Å². The zero-order chi connectivity index (χ0) is 12.3. The van der Waals surface area contributed by atoms with Crippen molar-refractivity contribution in [1.29, 1.82) is 0 Å². The van der Waals surface area contributed by atoms with E-state index in [1.807, 2.05) is 29.6 Å².